The first-order valence-corrected chi connectivity index (χ1v) is 9.68. The summed E-state index contributed by atoms with van der Waals surface area (Å²) in [6, 6.07) is 19.4. The number of hydrogen-bond donors (Lipinski definition) is 0. The minimum atomic E-state index is -0.360. The van der Waals surface area contributed by atoms with Gasteiger partial charge in [-0.3, -0.25) is 9.59 Å². The Hall–Kier alpha value is -3.44. The molecular weight excluding hydrogens is 405 g/mol. The number of hydrogen-bond acceptors (Lipinski definition) is 3. The third-order valence-electron chi connectivity index (χ3n) is 4.76. The average molecular weight is 422 g/mol. The lowest BCUT2D eigenvalue weighted by atomic mass is 10.1. The second-order valence-corrected chi connectivity index (χ2v) is 7.32. The van der Waals surface area contributed by atoms with Crippen LogP contribution in [0.4, 0.5) is 4.39 Å². The fraction of sp³-hybridized carbons (Fsp3) is 0.0833. The van der Waals surface area contributed by atoms with Gasteiger partial charge in [0.2, 0.25) is 0 Å². The van der Waals surface area contributed by atoms with Gasteiger partial charge in [0, 0.05) is 17.1 Å². The van der Waals surface area contributed by atoms with Gasteiger partial charge < -0.3 is 9.32 Å². The molecule has 0 aliphatic carbocycles. The van der Waals surface area contributed by atoms with E-state index in [1.165, 1.54) is 23.3 Å². The van der Waals surface area contributed by atoms with Crippen molar-refractivity contribution in [3.8, 4) is 0 Å². The summed E-state index contributed by atoms with van der Waals surface area (Å²) in [7, 11) is 0. The number of halogens is 2. The molecule has 4 nitrogen and oxygen atoms in total. The molecule has 4 rings (SSSR count). The van der Waals surface area contributed by atoms with Gasteiger partial charge in [-0.05, 0) is 48.0 Å². The fourth-order valence-corrected chi connectivity index (χ4v) is 3.44. The van der Waals surface area contributed by atoms with Gasteiger partial charge >= 0.3 is 0 Å². The highest BCUT2D eigenvalue weighted by Crippen LogP contribution is 2.18. The Bertz CT molecular complexity index is 1270. The van der Waals surface area contributed by atoms with Crippen LogP contribution in [0.3, 0.4) is 0 Å². The number of fused-ring (bicyclic) bond motifs is 1. The molecule has 4 aromatic rings. The van der Waals surface area contributed by atoms with Crippen molar-refractivity contribution in [2.75, 3.05) is 0 Å². The van der Waals surface area contributed by atoms with Crippen molar-refractivity contribution >= 4 is 28.5 Å². The van der Waals surface area contributed by atoms with Crippen LogP contribution in [0.25, 0.3) is 11.0 Å². The molecule has 6 heteroatoms. The monoisotopic (exact) mass is 421 g/mol. The molecule has 1 amide bonds. The van der Waals surface area contributed by atoms with Gasteiger partial charge in [-0.1, -0.05) is 41.9 Å². The fourth-order valence-electron chi connectivity index (χ4n) is 3.25. The first-order valence-electron chi connectivity index (χ1n) is 9.30. The standard InChI is InChI=1S/C24H17ClFNO3/c25-19-5-3-4-17(12-19)24(29)27(13-16-8-10-20(26)11-9-16)14-18-15-30-22-7-2-1-6-21(22)23(18)28/h1-12,15H,13-14H2. The molecule has 0 aliphatic heterocycles. The normalized spacial score (nSPS) is 10.9. The maximum absolute atomic E-state index is 13.3. The molecule has 0 aliphatic rings. The quantitative estimate of drug-likeness (QED) is 0.432. The van der Waals surface area contributed by atoms with E-state index in [0.29, 0.717) is 27.1 Å². The first-order chi connectivity index (χ1) is 14.5. The zero-order chi connectivity index (χ0) is 21.1. The van der Waals surface area contributed by atoms with Gasteiger partial charge in [0.05, 0.1) is 23.8 Å². The van der Waals surface area contributed by atoms with Crippen molar-refractivity contribution in [2.24, 2.45) is 0 Å². The van der Waals surface area contributed by atoms with E-state index in [2.05, 4.69) is 0 Å². The van der Waals surface area contributed by atoms with Crippen LogP contribution in [0.1, 0.15) is 21.5 Å². The van der Waals surface area contributed by atoms with Crippen LogP contribution < -0.4 is 5.43 Å². The lowest BCUT2D eigenvalue weighted by molar-refractivity contribution is 0.0729. The zero-order valence-electron chi connectivity index (χ0n) is 15.8. The summed E-state index contributed by atoms with van der Waals surface area (Å²) in [6.45, 7) is 0.230. The highest BCUT2D eigenvalue weighted by Gasteiger charge is 2.19. The maximum atomic E-state index is 13.3. The Morgan fingerprint density at radius 3 is 2.50 bits per heavy atom. The summed E-state index contributed by atoms with van der Waals surface area (Å²) in [6.07, 6.45) is 1.38. The Labute approximate surface area is 177 Å². The predicted octanol–water partition coefficient (Wildman–Crippen LogP) is 5.43. The van der Waals surface area contributed by atoms with E-state index in [1.807, 2.05) is 0 Å². The Morgan fingerprint density at radius 1 is 0.967 bits per heavy atom. The van der Waals surface area contributed by atoms with Gasteiger partial charge in [-0.25, -0.2) is 4.39 Å². The molecule has 0 fully saturated rings. The van der Waals surface area contributed by atoms with Crippen LogP contribution in [0.5, 0.6) is 0 Å². The molecule has 0 unspecified atom stereocenters. The minimum absolute atomic E-state index is 0.0376. The summed E-state index contributed by atoms with van der Waals surface area (Å²) >= 11 is 6.04. The molecule has 0 saturated carbocycles. The highest BCUT2D eigenvalue weighted by atomic mass is 35.5. The van der Waals surface area contributed by atoms with Gasteiger partial charge in [-0.2, -0.15) is 0 Å². The molecule has 0 atom stereocenters. The Morgan fingerprint density at radius 2 is 1.73 bits per heavy atom. The van der Waals surface area contributed by atoms with Crippen LogP contribution in [0.2, 0.25) is 5.02 Å². The van der Waals surface area contributed by atoms with Crippen molar-refractivity contribution < 1.29 is 13.6 Å². The van der Waals surface area contributed by atoms with Crippen molar-refractivity contribution in [1.82, 2.24) is 4.90 Å². The van der Waals surface area contributed by atoms with Crippen molar-refractivity contribution in [3.63, 3.8) is 0 Å². The minimum Gasteiger partial charge on any atom is -0.464 e. The zero-order valence-corrected chi connectivity index (χ0v) is 16.6. The molecule has 0 saturated heterocycles. The van der Waals surface area contributed by atoms with Gasteiger partial charge in [0.1, 0.15) is 11.4 Å². The third-order valence-corrected chi connectivity index (χ3v) is 4.99. The lowest BCUT2D eigenvalue weighted by Gasteiger charge is -2.23. The molecule has 0 radical (unpaired) electrons. The van der Waals surface area contributed by atoms with E-state index in [-0.39, 0.29) is 30.2 Å². The molecule has 3 aromatic carbocycles. The number of nitrogens with zero attached hydrogens (tertiary/aromatic N) is 1. The topological polar surface area (TPSA) is 50.5 Å². The molecule has 1 heterocycles. The Balaban J connectivity index is 1.71. The first kappa shape index (κ1) is 19.9. The van der Waals surface area contributed by atoms with Gasteiger partial charge in [0.15, 0.2) is 5.43 Å². The second kappa shape index (κ2) is 8.51. The van der Waals surface area contributed by atoms with E-state index in [1.54, 1.807) is 60.7 Å². The highest BCUT2D eigenvalue weighted by molar-refractivity contribution is 6.30. The number of para-hydroxylation sites is 1. The molecular formula is C24H17ClFNO3. The summed E-state index contributed by atoms with van der Waals surface area (Å²) in [5, 5.41) is 0.889. The van der Waals surface area contributed by atoms with Gasteiger partial charge in [-0.15, -0.1) is 0 Å². The number of amides is 1. The summed E-state index contributed by atoms with van der Waals surface area (Å²) < 4.78 is 18.9. The van der Waals surface area contributed by atoms with Crippen molar-refractivity contribution in [3.05, 3.63) is 117 Å². The Kier molecular flexibility index (Phi) is 5.63. The smallest absolute Gasteiger partial charge is 0.254 e. The van der Waals surface area contributed by atoms with Crippen molar-refractivity contribution in [1.29, 1.82) is 0 Å². The molecule has 0 bridgehead atoms. The van der Waals surface area contributed by atoms with Crippen LogP contribution in [-0.2, 0) is 13.1 Å². The summed E-state index contributed by atoms with van der Waals surface area (Å²) in [5.41, 5.74) is 1.77. The summed E-state index contributed by atoms with van der Waals surface area (Å²) in [4.78, 5) is 27.6. The van der Waals surface area contributed by atoms with Crippen LogP contribution in [0.15, 0.2) is 88.3 Å². The van der Waals surface area contributed by atoms with Crippen molar-refractivity contribution in [2.45, 2.75) is 13.1 Å². The lowest BCUT2D eigenvalue weighted by Crippen LogP contribution is -2.32. The molecule has 150 valence electrons. The van der Waals surface area contributed by atoms with Crippen LogP contribution >= 0.6 is 11.6 Å². The SMILES string of the molecule is O=C(c1cccc(Cl)c1)N(Cc1ccc(F)cc1)Cc1coc2ccccc2c1=O. The number of carbonyl (C=O) groups excluding carboxylic acids is 1. The van der Waals surface area contributed by atoms with Crippen LogP contribution in [0, 0.1) is 5.82 Å². The number of benzene rings is 3. The average Bonchev–Trinajstić information content (AvgIpc) is 2.76. The number of carbonyl (C=O) groups is 1. The second-order valence-electron chi connectivity index (χ2n) is 6.88. The van der Waals surface area contributed by atoms with E-state index in [9.17, 15) is 14.0 Å². The number of rotatable bonds is 5. The van der Waals surface area contributed by atoms with E-state index >= 15 is 0 Å². The molecule has 0 spiro atoms. The maximum Gasteiger partial charge on any atom is 0.254 e. The van der Waals surface area contributed by atoms with E-state index in [0.717, 1.165) is 5.56 Å². The molecule has 0 N–H and O–H groups in total. The van der Waals surface area contributed by atoms with E-state index in [4.69, 9.17) is 16.0 Å². The summed E-state index contributed by atoms with van der Waals surface area (Å²) in [5.74, 6) is -0.656. The van der Waals surface area contributed by atoms with Crippen LogP contribution in [-0.4, -0.2) is 10.8 Å². The largest absolute Gasteiger partial charge is 0.464 e. The molecule has 1 aromatic heterocycles. The third kappa shape index (κ3) is 4.26. The predicted molar refractivity (Wildman–Crippen MR) is 114 cm³/mol. The molecule has 30 heavy (non-hydrogen) atoms. The van der Waals surface area contributed by atoms with E-state index < -0.39 is 0 Å². The van der Waals surface area contributed by atoms with Gasteiger partial charge in [0.25, 0.3) is 5.91 Å².